The maximum Gasteiger partial charge on any atom is 0.343 e. The number of aromatic nitrogens is 4. The van der Waals surface area contributed by atoms with Gasteiger partial charge in [-0.05, 0) is 25.3 Å². The van der Waals surface area contributed by atoms with E-state index in [1.54, 1.807) is 22.5 Å². The minimum Gasteiger partial charge on any atom is -0.351 e. The molecule has 27 heavy (non-hydrogen) atoms. The Morgan fingerprint density at radius 2 is 2.00 bits per heavy atom. The average Bonchev–Trinajstić information content (AvgIpc) is 3.29. The molecule has 0 unspecified atom stereocenters. The van der Waals surface area contributed by atoms with Crippen molar-refractivity contribution in [2.24, 2.45) is 0 Å². The second-order valence-electron chi connectivity index (χ2n) is 6.86. The summed E-state index contributed by atoms with van der Waals surface area (Å²) in [6.45, 7) is 3.46. The summed E-state index contributed by atoms with van der Waals surface area (Å²) in [5.74, 6) is 1.02. The third-order valence-electron chi connectivity index (χ3n) is 4.96. The second kappa shape index (κ2) is 7.22. The highest BCUT2D eigenvalue weighted by molar-refractivity contribution is 5.91. The lowest BCUT2D eigenvalue weighted by atomic mass is 9.95. The highest BCUT2D eigenvalue weighted by Crippen LogP contribution is 2.27. The number of nitrogens with zero attached hydrogens (tertiary/aromatic N) is 4. The molecule has 0 spiro atoms. The van der Waals surface area contributed by atoms with Crippen LogP contribution in [-0.2, 0) is 6.54 Å². The molecule has 1 aromatic carbocycles. The van der Waals surface area contributed by atoms with Gasteiger partial charge in [0.05, 0.1) is 12.2 Å². The Balaban J connectivity index is 1.46. The van der Waals surface area contributed by atoms with Crippen molar-refractivity contribution in [1.29, 1.82) is 0 Å². The first-order chi connectivity index (χ1) is 13.1. The SMILES string of the molecule is Cc1cc(C(=O)N2CCC(c3n[nH]c(=O)n3Cc3ccccc3)CC2)on1. The maximum absolute atomic E-state index is 12.5. The lowest BCUT2D eigenvalue weighted by molar-refractivity contribution is 0.0668. The molecule has 3 aromatic rings. The maximum atomic E-state index is 12.5. The fourth-order valence-corrected chi connectivity index (χ4v) is 3.52. The summed E-state index contributed by atoms with van der Waals surface area (Å²) in [5.41, 5.74) is 1.54. The predicted molar refractivity (Wildman–Crippen MR) is 97.5 cm³/mol. The molecule has 8 nitrogen and oxygen atoms in total. The topological polar surface area (TPSA) is 97.0 Å². The molecule has 4 rings (SSSR count). The Labute approximate surface area is 155 Å². The van der Waals surface area contributed by atoms with Crippen LogP contribution in [0.4, 0.5) is 0 Å². The van der Waals surface area contributed by atoms with E-state index in [2.05, 4.69) is 15.4 Å². The summed E-state index contributed by atoms with van der Waals surface area (Å²) in [7, 11) is 0. The van der Waals surface area contributed by atoms with Gasteiger partial charge in [-0.1, -0.05) is 35.5 Å². The fourth-order valence-electron chi connectivity index (χ4n) is 3.52. The number of aryl methyl sites for hydroxylation is 1. The largest absolute Gasteiger partial charge is 0.351 e. The standard InChI is InChI=1S/C19H21N5O3/c1-13-11-16(27-22-13)18(25)23-9-7-15(8-10-23)17-20-21-19(26)24(17)12-14-5-3-2-4-6-14/h2-6,11,15H,7-10,12H2,1H3,(H,21,26). The molecule has 1 amide bonds. The first-order valence-electron chi connectivity index (χ1n) is 9.03. The summed E-state index contributed by atoms with van der Waals surface area (Å²) in [6.07, 6.45) is 1.50. The smallest absolute Gasteiger partial charge is 0.343 e. The van der Waals surface area contributed by atoms with Crippen LogP contribution in [0.25, 0.3) is 0 Å². The molecule has 1 fully saturated rings. The van der Waals surface area contributed by atoms with Gasteiger partial charge in [-0.2, -0.15) is 5.10 Å². The molecule has 2 aromatic heterocycles. The normalized spacial score (nSPS) is 15.2. The zero-order chi connectivity index (χ0) is 18.8. The Bertz CT molecular complexity index is 980. The van der Waals surface area contributed by atoms with Crippen molar-refractivity contribution in [3.05, 3.63) is 69.7 Å². The molecule has 0 radical (unpaired) electrons. The molecule has 0 saturated carbocycles. The first kappa shape index (κ1) is 17.3. The summed E-state index contributed by atoms with van der Waals surface area (Å²) in [4.78, 5) is 26.5. The van der Waals surface area contributed by atoms with Gasteiger partial charge in [0.2, 0.25) is 5.76 Å². The Morgan fingerprint density at radius 1 is 1.26 bits per heavy atom. The fraction of sp³-hybridized carbons (Fsp3) is 0.368. The molecule has 8 heteroatoms. The number of rotatable bonds is 4. The van der Waals surface area contributed by atoms with Crippen LogP contribution in [0.2, 0.25) is 0 Å². The van der Waals surface area contributed by atoms with Crippen LogP contribution in [0.5, 0.6) is 0 Å². The van der Waals surface area contributed by atoms with Gasteiger partial charge in [-0.3, -0.25) is 9.36 Å². The van der Waals surface area contributed by atoms with E-state index in [-0.39, 0.29) is 23.3 Å². The minimum absolute atomic E-state index is 0.133. The summed E-state index contributed by atoms with van der Waals surface area (Å²) in [6, 6.07) is 11.5. The number of likely N-dealkylation sites (tertiary alicyclic amines) is 1. The summed E-state index contributed by atoms with van der Waals surface area (Å²) >= 11 is 0. The van der Waals surface area contributed by atoms with Gasteiger partial charge in [0.25, 0.3) is 5.91 Å². The third kappa shape index (κ3) is 3.55. The van der Waals surface area contributed by atoms with E-state index in [4.69, 9.17) is 4.52 Å². The molecular formula is C19H21N5O3. The van der Waals surface area contributed by atoms with Crippen molar-refractivity contribution < 1.29 is 9.32 Å². The number of H-pyrrole nitrogens is 1. The zero-order valence-corrected chi connectivity index (χ0v) is 15.1. The van der Waals surface area contributed by atoms with Crippen molar-refractivity contribution >= 4 is 5.91 Å². The van der Waals surface area contributed by atoms with E-state index in [0.717, 1.165) is 24.2 Å². The van der Waals surface area contributed by atoms with E-state index in [0.29, 0.717) is 25.3 Å². The second-order valence-corrected chi connectivity index (χ2v) is 6.86. The van der Waals surface area contributed by atoms with Crippen molar-refractivity contribution in [3.8, 4) is 0 Å². The van der Waals surface area contributed by atoms with E-state index in [1.807, 2.05) is 30.3 Å². The summed E-state index contributed by atoms with van der Waals surface area (Å²) < 4.78 is 6.77. The Kier molecular flexibility index (Phi) is 4.62. The van der Waals surface area contributed by atoms with Gasteiger partial charge in [-0.25, -0.2) is 9.89 Å². The van der Waals surface area contributed by atoms with Gasteiger partial charge >= 0.3 is 5.69 Å². The number of benzene rings is 1. The van der Waals surface area contributed by atoms with E-state index in [1.165, 1.54) is 0 Å². The lowest BCUT2D eigenvalue weighted by Crippen LogP contribution is -2.38. The van der Waals surface area contributed by atoms with Gasteiger partial charge in [-0.15, -0.1) is 0 Å². The zero-order valence-electron chi connectivity index (χ0n) is 15.1. The van der Waals surface area contributed by atoms with Gasteiger partial charge < -0.3 is 9.42 Å². The quantitative estimate of drug-likeness (QED) is 0.760. The molecule has 1 saturated heterocycles. The number of carbonyl (C=O) groups excluding carboxylic acids is 1. The molecule has 0 atom stereocenters. The molecule has 0 bridgehead atoms. The van der Waals surface area contributed by atoms with Crippen molar-refractivity contribution in [2.75, 3.05) is 13.1 Å². The molecular weight excluding hydrogens is 346 g/mol. The number of carbonyl (C=O) groups is 1. The Hall–Kier alpha value is -3.16. The lowest BCUT2D eigenvalue weighted by Gasteiger charge is -2.30. The van der Waals surface area contributed by atoms with Crippen LogP contribution < -0.4 is 5.69 Å². The monoisotopic (exact) mass is 367 g/mol. The molecule has 1 aliphatic rings. The minimum atomic E-state index is -0.204. The first-order valence-corrected chi connectivity index (χ1v) is 9.03. The number of piperidine rings is 1. The number of amides is 1. The average molecular weight is 367 g/mol. The van der Waals surface area contributed by atoms with Crippen LogP contribution in [-0.4, -0.2) is 43.8 Å². The molecule has 1 N–H and O–H groups in total. The van der Waals surface area contributed by atoms with Crippen LogP contribution in [0, 0.1) is 6.92 Å². The molecule has 140 valence electrons. The van der Waals surface area contributed by atoms with Crippen molar-refractivity contribution in [3.63, 3.8) is 0 Å². The molecule has 0 aliphatic carbocycles. The van der Waals surface area contributed by atoms with E-state index < -0.39 is 0 Å². The van der Waals surface area contributed by atoms with Crippen molar-refractivity contribution in [1.82, 2.24) is 24.8 Å². The highest BCUT2D eigenvalue weighted by Gasteiger charge is 2.29. The number of aromatic amines is 1. The Morgan fingerprint density at radius 3 is 2.67 bits per heavy atom. The molecule has 1 aliphatic heterocycles. The number of nitrogens with one attached hydrogen (secondary N) is 1. The number of hydrogen-bond acceptors (Lipinski definition) is 5. The van der Waals surface area contributed by atoms with Crippen LogP contribution in [0.3, 0.4) is 0 Å². The third-order valence-corrected chi connectivity index (χ3v) is 4.96. The predicted octanol–water partition coefficient (Wildman–Crippen LogP) is 1.94. The summed E-state index contributed by atoms with van der Waals surface area (Å²) in [5, 5.41) is 10.6. The van der Waals surface area contributed by atoms with Crippen LogP contribution in [0.15, 0.2) is 45.7 Å². The van der Waals surface area contributed by atoms with Gasteiger partial charge in [0.1, 0.15) is 5.82 Å². The number of hydrogen-bond donors (Lipinski definition) is 1. The highest BCUT2D eigenvalue weighted by atomic mass is 16.5. The molecule has 3 heterocycles. The van der Waals surface area contributed by atoms with Crippen molar-refractivity contribution in [2.45, 2.75) is 32.2 Å². The van der Waals surface area contributed by atoms with E-state index >= 15 is 0 Å². The van der Waals surface area contributed by atoms with Gasteiger partial charge in [0.15, 0.2) is 0 Å². The van der Waals surface area contributed by atoms with Crippen LogP contribution in [0.1, 0.15) is 46.4 Å². The van der Waals surface area contributed by atoms with E-state index in [9.17, 15) is 9.59 Å². The van der Waals surface area contributed by atoms with Crippen LogP contribution >= 0.6 is 0 Å². The van der Waals surface area contributed by atoms with Gasteiger partial charge in [0, 0.05) is 25.1 Å².